The van der Waals surface area contributed by atoms with E-state index in [1.54, 1.807) is 18.9 Å². The van der Waals surface area contributed by atoms with Crippen LogP contribution in [0.15, 0.2) is 24.3 Å². The lowest BCUT2D eigenvalue weighted by atomic mass is 10.2. The predicted octanol–water partition coefficient (Wildman–Crippen LogP) is 2.46. The highest BCUT2D eigenvalue weighted by Gasteiger charge is 2.19. The number of hydrogen-bond acceptors (Lipinski definition) is 3. The molecule has 0 fully saturated rings. The van der Waals surface area contributed by atoms with Gasteiger partial charge in [0.1, 0.15) is 0 Å². The Hall–Kier alpha value is -1.59. The number of amides is 2. The number of nitrogens with one attached hydrogen (secondary N) is 1. The van der Waals surface area contributed by atoms with E-state index in [1.807, 2.05) is 38.1 Å². The summed E-state index contributed by atoms with van der Waals surface area (Å²) in [7, 11) is 1.62. The molecule has 1 rings (SSSR count). The smallest absolute Gasteiger partial charge is 0.322 e. The fraction of sp³-hybridized carbons (Fsp3) is 0.533. The second kappa shape index (κ2) is 7.87. The van der Waals surface area contributed by atoms with Crippen molar-refractivity contribution in [2.24, 2.45) is 0 Å². The Morgan fingerprint density at radius 1 is 1.35 bits per heavy atom. The van der Waals surface area contributed by atoms with Gasteiger partial charge in [0.2, 0.25) is 0 Å². The van der Waals surface area contributed by atoms with Gasteiger partial charge in [-0.3, -0.25) is 0 Å². The third-order valence-electron chi connectivity index (χ3n) is 2.90. The first-order valence-corrected chi connectivity index (χ1v) is 6.78. The lowest BCUT2D eigenvalue weighted by Gasteiger charge is -2.28. The summed E-state index contributed by atoms with van der Waals surface area (Å²) in [6.45, 7) is 6.25. The summed E-state index contributed by atoms with van der Waals surface area (Å²) in [6, 6.07) is 7.31. The summed E-state index contributed by atoms with van der Waals surface area (Å²) in [5.74, 6) is 0. The fourth-order valence-corrected chi connectivity index (χ4v) is 1.92. The number of carbonyl (C=O) groups is 1. The monoisotopic (exact) mass is 280 g/mol. The summed E-state index contributed by atoms with van der Waals surface area (Å²) in [5, 5.41) is 12.4. The maximum absolute atomic E-state index is 12.3. The Morgan fingerprint density at radius 2 is 2.00 bits per heavy atom. The first-order valence-electron chi connectivity index (χ1n) is 6.78. The number of nitrogens with zero attached hydrogens (tertiary/aromatic N) is 1. The molecule has 1 atom stereocenters. The third-order valence-corrected chi connectivity index (χ3v) is 2.90. The van der Waals surface area contributed by atoms with Crippen LogP contribution in [-0.2, 0) is 11.3 Å². The van der Waals surface area contributed by atoms with E-state index in [0.29, 0.717) is 13.2 Å². The van der Waals surface area contributed by atoms with E-state index in [1.165, 1.54) is 0 Å². The standard InChI is InChI=1S/C15H24N2O3/c1-11(2)17(9-12(3)18)15(19)16-14-8-6-5-7-13(14)10-20-4/h5-8,11-12,18H,9-10H2,1-4H3,(H,16,19)/t12-/m1/s1. The summed E-state index contributed by atoms with van der Waals surface area (Å²) in [6.07, 6.45) is -0.558. The Kier molecular flexibility index (Phi) is 6.48. The van der Waals surface area contributed by atoms with Crippen LogP contribution in [0.3, 0.4) is 0 Å². The van der Waals surface area contributed by atoms with Gasteiger partial charge >= 0.3 is 6.03 Å². The summed E-state index contributed by atoms with van der Waals surface area (Å²) in [5.41, 5.74) is 1.65. The van der Waals surface area contributed by atoms with Crippen LogP contribution in [0.1, 0.15) is 26.3 Å². The van der Waals surface area contributed by atoms with Crippen molar-refractivity contribution in [2.45, 2.75) is 39.5 Å². The fourth-order valence-electron chi connectivity index (χ4n) is 1.92. The third kappa shape index (κ3) is 4.83. The molecule has 1 aromatic carbocycles. The Morgan fingerprint density at radius 3 is 2.55 bits per heavy atom. The number of ether oxygens (including phenoxy) is 1. The molecular weight excluding hydrogens is 256 g/mol. The van der Waals surface area contributed by atoms with E-state index in [-0.39, 0.29) is 12.1 Å². The van der Waals surface area contributed by atoms with Crippen molar-refractivity contribution >= 4 is 11.7 Å². The molecular formula is C15H24N2O3. The van der Waals surface area contributed by atoms with Gasteiger partial charge in [-0.05, 0) is 26.8 Å². The molecule has 0 aliphatic rings. The SMILES string of the molecule is COCc1ccccc1NC(=O)N(C[C@@H](C)O)C(C)C. The number of aliphatic hydroxyl groups is 1. The highest BCUT2D eigenvalue weighted by molar-refractivity contribution is 5.90. The number of benzene rings is 1. The molecule has 5 nitrogen and oxygen atoms in total. The average molecular weight is 280 g/mol. The number of urea groups is 1. The van der Waals surface area contributed by atoms with Crippen LogP contribution in [-0.4, -0.2) is 41.8 Å². The van der Waals surface area contributed by atoms with Crippen molar-refractivity contribution in [1.29, 1.82) is 0 Å². The van der Waals surface area contributed by atoms with Gasteiger partial charge in [-0.2, -0.15) is 0 Å². The molecule has 1 aromatic rings. The molecule has 0 unspecified atom stereocenters. The second-order valence-electron chi connectivity index (χ2n) is 5.12. The Labute approximate surface area is 120 Å². The number of aliphatic hydroxyl groups excluding tert-OH is 1. The molecule has 0 aliphatic carbocycles. The number of para-hydroxylation sites is 1. The minimum absolute atomic E-state index is 0.0131. The van der Waals surface area contributed by atoms with Crippen LogP contribution in [0.4, 0.5) is 10.5 Å². The highest BCUT2D eigenvalue weighted by Crippen LogP contribution is 2.17. The number of rotatable bonds is 6. The van der Waals surface area contributed by atoms with Crippen LogP contribution in [0.5, 0.6) is 0 Å². The maximum atomic E-state index is 12.3. The molecule has 5 heteroatoms. The first-order chi connectivity index (χ1) is 9.45. The van der Waals surface area contributed by atoms with Gasteiger partial charge in [-0.25, -0.2) is 4.79 Å². The minimum Gasteiger partial charge on any atom is -0.392 e. The predicted molar refractivity (Wildman–Crippen MR) is 79.7 cm³/mol. The molecule has 0 aromatic heterocycles. The molecule has 2 N–H and O–H groups in total. The molecule has 112 valence electrons. The van der Waals surface area contributed by atoms with Crippen LogP contribution in [0.25, 0.3) is 0 Å². The van der Waals surface area contributed by atoms with Crippen molar-refractivity contribution in [1.82, 2.24) is 4.90 Å². The van der Waals surface area contributed by atoms with Crippen molar-refractivity contribution < 1.29 is 14.6 Å². The van der Waals surface area contributed by atoms with Crippen molar-refractivity contribution in [3.8, 4) is 0 Å². The molecule has 0 spiro atoms. The topological polar surface area (TPSA) is 61.8 Å². The maximum Gasteiger partial charge on any atom is 0.322 e. The molecule has 0 heterocycles. The largest absolute Gasteiger partial charge is 0.392 e. The highest BCUT2D eigenvalue weighted by atomic mass is 16.5. The van der Waals surface area contributed by atoms with Crippen LogP contribution >= 0.6 is 0 Å². The molecule has 2 amide bonds. The van der Waals surface area contributed by atoms with Gasteiger partial charge in [0.05, 0.1) is 12.7 Å². The second-order valence-corrected chi connectivity index (χ2v) is 5.12. The van der Waals surface area contributed by atoms with E-state index in [2.05, 4.69) is 5.32 Å². The zero-order valence-corrected chi connectivity index (χ0v) is 12.6. The molecule has 0 radical (unpaired) electrons. The van der Waals surface area contributed by atoms with Crippen LogP contribution in [0.2, 0.25) is 0 Å². The first kappa shape index (κ1) is 16.5. The van der Waals surface area contributed by atoms with Crippen LogP contribution < -0.4 is 5.32 Å². The zero-order valence-electron chi connectivity index (χ0n) is 12.6. The summed E-state index contributed by atoms with van der Waals surface area (Å²) < 4.78 is 5.12. The molecule has 20 heavy (non-hydrogen) atoms. The molecule has 0 saturated heterocycles. The van der Waals surface area contributed by atoms with E-state index in [4.69, 9.17) is 4.74 Å². The molecule has 0 bridgehead atoms. The van der Waals surface area contributed by atoms with E-state index in [9.17, 15) is 9.90 Å². The summed E-state index contributed by atoms with van der Waals surface area (Å²) in [4.78, 5) is 13.9. The Bertz CT molecular complexity index is 433. The van der Waals surface area contributed by atoms with E-state index in [0.717, 1.165) is 11.3 Å². The van der Waals surface area contributed by atoms with Gasteiger partial charge in [0.25, 0.3) is 0 Å². The van der Waals surface area contributed by atoms with Crippen molar-refractivity contribution in [3.63, 3.8) is 0 Å². The Balaban J connectivity index is 2.82. The van der Waals surface area contributed by atoms with Crippen molar-refractivity contribution in [2.75, 3.05) is 19.0 Å². The van der Waals surface area contributed by atoms with Gasteiger partial charge in [0.15, 0.2) is 0 Å². The van der Waals surface area contributed by atoms with Crippen molar-refractivity contribution in [3.05, 3.63) is 29.8 Å². The van der Waals surface area contributed by atoms with Gasteiger partial charge in [-0.15, -0.1) is 0 Å². The quantitative estimate of drug-likeness (QED) is 0.841. The normalized spacial score (nSPS) is 12.3. The van der Waals surface area contributed by atoms with E-state index >= 15 is 0 Å². The van der Waals surface area contributed by atoms with Gasteiger partial charge < -0.3 is 20.1 Å². The summed E-state index contributed by atoms with van der Waals surface area (Å²) >= 11 is 0. The number of methoxy groups -OCH3 is 1. The number of hydrogen-bond donors (Lipinski definition) is 2. The minimum atomic E-state index is -0.558. The van der Waals surface area contributed by atoms with Gasteiger partial charge in [0, 0.05) is 30.9 Å². The average Bonchev–Trinajstić information content (AvgIpc) is 2.38. The lowest BCUT2D eigenvalue weighted by molar-refractivity contribution is 0.125. The number of carbonyl (C=O) groups excluding carboxylic acids is 1. The molecule has 0 aliphatic heterocycles. The van der Waals surface area contributed by atoms with Crippen LogP contribution in [0, 0.1) is 0 Å². The lowest BCUT2D eigenvalue weighted by Crippen LogP contribution is -2.43. The number of anilines is 1. The zero-order chi connectivity index (χ0) is 15.1. The van der Waals surface area contributed by atoms with Gasteiger partial charge in [-0.1, -0.05) is 18.2 Å². The molecule has 0 saturated carbocycles. The van der Waals surface area contributed by atoms with E-state index < -0.39 is 6.10 Å².